The Hall–Kier alpha value is -3.23. The van der Waals surface area contributed by atoms with E-state index in [2.05, 4.69) is 5.32 Å². The lowest BCUT2D eigenvalue weighted by atomic mass is 10.1. The molecule has 1 aliphatic heterocycles. The highest BCUT2D eigenvalue weighted by molar-refractivity contribution is 6.06. The van der Waals surface area contributed by atoms with E-state index in [1.54, 1.807) is 0 Å². The zero-order valence-electron chi connectivity index (χ0n) is 15.0. The zero-order chi connectivity index (χ0) is 20.5. The van der Waals surface area contributed by atoms with Crippen molar-refractivity contribution >= 4 is 28.9 Å². The molecule has 1 fully saturated rings. The molecular weight excluding hydrogens is 375 g/mol. The molecule has 2 aromatic carbocycles. The molecule has 6 nitrogen and oxygen atoms in total. The van der Waals surface area contributed by atoms with Crippen molar-refractivity contribution in [2.45, 2.75) is 19.0 Å². The molecule has 3 rings (SSSR count). The minimum atomic E-state index is -4.65. The average Bonchev–Trinajstić information content (AvgIpc) is 3.07. The molecule has 0 atom stereocenters. The summed E-state index contributed by atoms with van der Waals surface area (Å²) in [6, 6.07) is 7.41. The lowest BCUT2D eigenvalue weighted by Crippen LogP contribution is -2.25. The van der Waals surface area contributed by atoms with E-state index in [9.17, 15) is 22.8 Å². The molecule has 1 saturated heterocycles. The first-order valence-electron chi connectivity index (χ1n) is 8.46. The van der Waals surface area contributed by atoms with Gasteiger partial charge in [0.2, 0.25) is 5.91 Å². The Kier molecular flexibility index (Phi) is 5.17. The number of hydrogen-bond acceptors (Lipinski definition) is 4. The van der Waals surface area contributed by atoms with Gasteiger partial charge in [-0.15, -0.1) is 0 Å². The molecule has 0 unspecified atom stereocenters. The minimum Gasteiger partial charge on any atom is -0.495 e. The third-order valence-electron chi connectivity index (χ3n) is 4.38. The van der Waals surface area contributed by atoms with E-state index in [1.165, 1.54) is 36.3 Å². The Morgan fingerprint density at radius 1 is 1.21 bits per heavy atom. The first-order chi connectivity index (χ1) is 13.2. The maximum absolute atomic E-state index is 13.3. The first kappa shape index (κ1) is 19.5. The molecule has 0 bridgehead atoms. The van der Waals surface area contributed by atoms with Gasteiger partial charge in [-0.2, -0.15) is 13.2 Å². The van der Waals surface area contributed by atoms with E-state index >= 15 is 0 Å². The summed E-state index contributed by atoms with van der Waals surface area (Å²) in [4.78, 5) is 25.7. The molecule has 0 aromatic heterocycles. The number of methoxy groups -OCH3 is 1. The first-order valence-corrected chi connectivity index (χ1v) is 8.46. The summed E-state index contributed by atoms with van der Waals surface area (Å²) in [6.45, 7) is 0.316. The minimum absolute atomic E-state index is 0.0525. The number of benzene rings is 2. The molecule has 0 aliphatic carbocycles. The Morgan fingerprint density at radius 2 is 1.96 bits per heavy atom. The van der Waals surface area contributed by atoms with Crippen molar-refractivity contribution in [3.63, 3.8) is 0 Å². The number of nitrogens with two attached hydrogens (primary N) is 1. The molecule has 0 saturated carbocycles. The predicted octanol–water partition coefficient (Wildman–Crippen LogP) is 3.68. The molecule has 3 N–H and O–H groups in total. The number of halogens is 3. The van der Waals surface area contributed by atoms with Crippen LogP contribution in [0.3, 0.4) is 0 Å². The second kappa shape index (κ2) is 7.41. The number of hydrogen-bond donors (Lipinski definition) is 2. The van der Waals surface area contributed by atoms with E-state index in [4.69, 9.17) is 10.5 Å². The van der Waals surface area contributed by atoms with E-state index < -0.39 is 17.6 Å². The fraction of sp³-hybridized carbons (Fsp3) is 0.263. The molecule has 1 aliphatic rings. The Bertz CT molecular complexity index is 928. The number of alkyl halides is 3. The van der Waals surface area contributed by atoms with E-state index in [0.717, 1.165) is 12.1 Å². The van der Waals surface area contributed by atoms with Gasteiger partial charge in [0.15, 0.2) is 0 Å². The van der Waals surface area contributed by atoms with Gasteiger partial charge in [0.1, 0.15) is 5.75 Å². The van der Waals surface area contributed by atoms with Crippen molar-refractivity contribution in [1.29, 1.82) is 0 Å². The van der Waals surface area contributed by atoms with Gasteiger partial charge in [-0.1, -0.05) is 0 Å². The number of amides is 2. The maximum atomic E-state index is 13.3. The highest BCUT2D eigenvalue weighted by Gasteiger charge is 2.33. The van der Waals surface area contributed by atoms with Crippen molar-refractivity contribution in [2.24, 2.45) is 0 Å². The van der Waals surface area contributed by atoms with Crippen molar-refractivity contribution < 1.29 is 27.5 Å². The molecule has 0 spiro atoms. The van der Waals surface area contributed by atoms with Gasteiger partial charge in [0, 0.05) is 29.9 Å². The Labute approximate surface area is 159 Å². The highest BCUT2D eigenvalue weighted by Crippen LogP contribution is 2.34. The fourth-order valence-electron chi connectivity index (χ4n) is 3.00. The predicted molar refractivity (Wildman–Crippen MR) is 98.4 cm³/mol. The number of rotatable bonds is 4. The van der Waals surface area contributed by atoms with Crippen LogP contribution < -0.4 is 20.7 Å². The summed E-state index contributed by atoms with van der Waals surface area (Å²) in [5.74, 6) is -0.607. The number of ether oxygens (including phenoxy) is 1. The summed E-state index contributed by atoms with van der Waals surface area (Å²) in [5, 5.41) is 2.51. The summed E-state index contributed by atoms with van der Waals surface area (Å²) >= 11 is 0. The topological polar surface area (TPSA) is 84.7 Å². The Balaban J connectivity index is 1.94. The molecule has 2 aromatic rings. The number of carbonyl (C=O) groups is 2. The zero-order valence-corrected chi connectivity index (χ0v) is 15.0. The number of nitrogens with one attached hydrogen (secondary N) is 1. The van der Waals surface area contributed by atoms with Crippen LogP contribution in [0.15, 0.2) is 36.4 Å². The van der Waals surface area contributed by atoms with E-state index in [0.29, 0.717) is 24.4 Å². The van der Waals surface area contributed by atoms with Crippen LogP contribution in [0.25, 0.3) is 0 Å². The third kappa shape index (κ3) is 4.03. The molecule has 28 heavy (non-hydrogen) atoms. The lowest BCUT2D eigenvalue weighted by molar-refractivity contribution is -0.137. The van der Waals surface area contributed by atoms with Gasteiger partial charge >= 0.3 is 6.18 Å². The maximum Gasteiger partial charge on any atom is 0.416 e. The standard InChI is InChI=1S/C19H18F3N3O3/c1-28-16-5-4-13(10-15(16)23)24-18(27)11-7-12(19(20,21)22)9-14(8-11)25-6-2-3-17(25)26/h4-5,7-10H,2-3,6,23H2,1H3,(H,24,27). The molecule has 148 valence electrons. The number of nitrogens with zero attached hydrogens (tertiary/aromatic N) is 1. The van der Waals surface area contributed by atoms with Crippen LogP contribution in [0.2, 0.25) is 0 Å². The van der Waals surface area contributed by atoms with Crippen molar-refractivity contribution in [3.8, 4) is 5.75 Å². The SMILES string of the molecule is COc1ccc(NC(=O)c2cc(N3CCCC3=O)cc(C(F)(F)F)c2)cc1N. The number of nitrogen functional groups attached to an aromatic ring is 1. The monoisotopic (exact) mass is 393 g/mol. The van der Waals surface area contributed by atoms with Crippen LogP contribution in [-0.4, -0.2) is 25.5 Å². The van der Waals surface area contributed by atoms with Crippen LogP contribution in [0.1, 0.15) is 28.8 Å². The van der Waals surface area contributed by atoms with Gasteiger partial charge in [0.25, 0.3) is 5.91 Å². The summed E-state index contributed by atoms with van der Waals surface area (Å²) in [7, 11) is 1.44. The van der Waals surface area contributed by atoms with Gasteiger partial charge in [-0.3, -0.25) is 9.59 Å². The Morgan fingerprint density at radius 3 is 2.54 bits per heavy atom. The van der Waals surface area contributed by atoms with Crippen molar-refractivity contribution in [1.82, 2.24) is 0 Å². The number of anilines is 3. The lowest BCUT2D eigenvalue weighted by Gasteiger charge is -2.19. The summed E-state index contributed by atoms with van der Waals surface area (Å²) in [5.41, 5.74) is 5.20. The molecule has 1 heterocycles. The molecule has 0 radical (unpaired) electrons. The van der Waals surface area contributed by atoms with Gasteiger partial charge < -0.3 is 20.7 Å². The van der Waals surface area contributed by atoms with Gasteiger partial charge in [-0.05, 0) is 42.8 Å². The van der Waals surface area contributed by atoms with Gasteiger partial charge in [0.05, 0.1) is 18.4 Å². The molecule has 9 heteroatoms. The summed E-state index contributed by atoms with van der Waals surface area (Å²) in [6.07, 6.45) is -3.83. The number of carbonyl (C=O) groups excluding carboxylic acids is 2. The highest BCUT2D eigenvalue weighted by atomic mass is 19.4. The van der Waals surface area contributed by atoms with Crippen LogP contribution in [0.4, 0.5) is 30.2 Å². The molecular formula is C19H18F3N3O3. The van der Waals surface area contributed by atoms with Crippen LogP contribution in [0.5, 0.6) is 5.75 Å². The average molecular weight is 393 g/mol. The quantitative estimate of drug-likeness (QED) is 0.777. The van der Waals surface area contributed by atoms with Crippen molar-refractivity contribution in [2.75, 3.05) is 29.6 Å². The smallest absolute Gasteiger partial charge is 0.416 e. The van der Waals surface area contributed by atoms with Crippen LogP contribution in [0, 0.1) is 0 Å². The van der Waals surface area contributed by atoms with Gasteiger partial charge in [-0.25, -0.2) is 0 Å². The molecule has 2 amide bonds. The third-order valence-corrected chi connectivity index (χ3v) is 4.38. The second-order valence-electron chi connectivity index (χ2n) is 6.33. The normalized spacial score (nSPS) is 14.3. The largest absolute Gasteiger partial charge is 0.495 e. The second-order valence-corrected chi connectivity index (χ2v) is 6.33. The van der Waals surface area contributed by atoms with Crippen LogP contribution in [-0.2, 0) is 11.0 Å². The van der Waals surface area contributed by atoms with Crippen LogP contribution >= 0.6 is 0 Å². The fourth-order valence-corrected chi connectivity index (χ4v) is 3.00. The summed E-state index contributed by atoms with van der Waals surface area (Å²) < 4.78 is 44.9. The van der Waals surface area contributed by atoms with Crippen molar-refractivity contribution in [3.05, 3.63) is 47.5 Å². The van der Waals surface area contributed by atoms with E-state index in [1.807, 2.05) is 0 Å². The van der Waals surface area contributed by atoms with E-state index in [-0.39, 0.29) is 29.3 Å².